The number of H-pyrrole nitrogens is 1. The van der Waals surface area contributed by atoms with E-state index in [4.69, 9.17) is 85.8 Å². The third-order valence-electron chi connectivity index (χ3n) is 13.9. The van der Waals surface area contributed by atoms with Crippen LogP contribution in [0.15, 0.2) is 242 Å². The number of hydrogen-bond acceptors (Lipinski definition) is 18. The van der Waals surface area contributed by atoms with E-state index < -0.39 is 0 Å². The summed E-state index contributed by atoms with van der Waals surface area (Å²) in [7, 11) is 6.29. The van der Waals surface area contributed by atoms with E-state index in [1.165, 1.54) is 46.5 Å². The first-order valence-corrected chi connectivity index (χ1v) is 32.4. The molecule has 0 bridgehead atoms. The number of hydrogen-bond donors (Lipinski definition) is 11. The SMILES string of the molecule is CC(C)c1ccc(N)cc1.COc1cc(N)cc(OC)c1OC.COc1ccc(N)cc1.NCC1CC1.NCc1ccc(F)cc1.NCc1cccs1.Nc1ccc(N2CCOCC2)cc1.Nc1ccc(Oc2ccccc2)cc1.Nc1ccc2[nH]ccc2c1.Nc1ccccc1. The molecule has 20 heteroatoms. The summed E-state index contributed by atoms with van der Waals surface area (Å²) in [6.07, 6.45) is 4.68. The van der Waals surface area contributed by atoms with Crippen molar-refractivity contribution in [3.05, 3.63) is 264 Å². The van der Waals surface area contributed by atoms with Crippen LogP contribution in [-0.2, 0) is 17.8 Å². The molecule has 3 heterocycles. The summed E-state index contributed by atoms with van der Waals surface area (Å²) in [4.78, 5) is 6.65. The Morgan fingerprint density at radius 3 is 1.41 bits per heavy atom. The molecule has 0 unspecified atom stereocenters. The fourth-order valence-electron chi connectivity index (χ4n) is 8.18. The predicted octanol–water partition coefficient (Wildman–Crippen LogP) is 15.0. The number of para-hydroxylation sites is 2. The van der Waals surface area contributed by atoms with Crippen molar-refractivity contribution in [1.82, 2.24) is 4.98 Å². The van der Waals surface area contributed by atoms with Crippen molar-refractivity contribution in [2.75, 3.05) is 106 Å². The second-order valence-corrected chi connectivity index (χ2v) is 22.8. The summed E-state index contributed by atoms with van der Waals surface area (Å²) in [6.45, 7) is 10.0. The number of halogens is 1. The molecular formula is C77H99FN12O6S. The van der Waals surface area contributed by atoms with E-state index in [1.54, 1.807) is 76.2 Å². The highest BCUT2D eigenvalue weighted by Crippen LogP contribution is 2.39. The first kappa shape index (κ1) is 78.8. The second kappa shape index (κ2) is 45.7. The number of nitrogen functional groups attached to an aromatic ring is 7. The third kappa shape index (κ3) is 32.9. The number of morpholine rings is 1. The molecule has 2 fully saturated rings. The number of methoxy groups -OCH3 is 4. The molecule has 18 nitrogen and oxygen atoms in total. The smallest absolute Gasteiger partial charge is 0.203 e. The molecule has 13 rings (SSSR count). The Balaban J connectivity index is 0.000000232. The highest BCUT2D eigenvalue weighted by Gasteiger charge is 2.18. The zero-order chi connectivity index (χ0) is 70.6. The van der Waals surface area contributed by atoms with Gasteiger partial charge in [0.25, 0.3) is 0 Å². The van der Waals surface area contributed by atoms with Crippen LogP contribution in [0.25, 0.3) is 10.9 Å². The molecule has 2 aliphatic rings. The van der Waals surface area contributed by atoms with Crippen LogP contribution in [0, 0.1) is 11.7 Å². The van der Waals surface area contributed by atoms with E-state index in [0.717, 1.165) is 101 Å². The highest BCUT2D eigenvalue weighted by molar-refractivity contribution is 7.09. The van der Waals surface area contributed by atoms with Gasteiger partial charge >= 0.3 is 0 Å². The van der Waals surface area contributed by atoms with Crippen LogP contribution in [0.1, 0.15) is 48.6 Å². The lowest BCUT2D eigenvalue weighted by Crippen LogP contribution is -2.36. The van der Waals surface area contributed by atoms with Gasteiger partial charge in [0.1, 0.15) is 23.1 Å². The van der Waals surface area contributed by atoms with Crippen molar-refractivity contribution in [2.24, 2.45) is 23.1 Å². The molecule has 2 aromatic heterocycles. The summed E-state index contributed by atoms with van der Waals surface area (Å²) in [5.74, 6) is 5.45. The maximum Gasteiger partial charge on any atom is 0.203 e. The summed E-state index contributed by atoms with van der Waals surface area (Å²) in [5.41, 5.74) is 64.5. The van der Waals surface area contributed by atoms with E-state index in [-0.39, 0.29) is 5.82 Å². The molecule has 1 aliphatic carbocycles. The molecule has 1 saturated heterocycles. The summed E-state index contributed by atoms with van der Waals surface area (Å²) in [6, 6.07) is 71.1. The molecule has 0 atom stereocenters. The number of ether oxygens (including phenoxy) is 6. The van der Waals surface area contributed by atoms with Gasteiger partial charge in [0.2, 0.25) is 5.75 Å². The maximum absolute atomic E-state index is 12.2. The molecular weight excluding hydrogens is 1240 g/mol. The first-order chi connectivity index (χ1) is 46.9. The molecule has 516 valence electrons. The van der Waals surface area contributed by atoms with E-state index in [0.29, 0.717) is 41.9 Å². The van der Waals surface area contributed by atoms with E-state index in [1.807, 2.05) is 169 Å². The van der Waals surface area contributed by atoms with Gasteiger partial charge in [-0.2, -0.15) is 0 Å². The number of aromatic amines is 1. The molecule has 97 heavy (non-hydrogen) atoms. The number of nitrogens with two attached hydrogens (primary N) is 10. The fraction of sp³-hybridized carbons (Fsp3) is 0.221. The Morgan fingerprint density at radius 1 is 0.495 bits per heavy atom. The number of anilines is 8. The van der Waals surface area contributed by atoms with E-state index in [2.05, 4.69) is 48.0 Å². The lowest BCUT2D eigenvalue weighted by atomic mass is 10.0. The molecule has 0 spiro atoms. The maximum atomic E-state index is 12.2. The minimum Gasteiger partial charge on any atom is -0.497 e. The fourth-order valence-corrected chi connectivity index (χ4v) is 8.77. The van der Waals surface area contributed by atoms with Gasteiger partial charge in [-0.05, 0) is 199 Å². The minimum absolute atomic E-state index is 0.216. The van der Waals surface area contributed by atoms with Crippen LogP contribution < -0.4 is 85.9 Å². The Kier molecular flexibility index (Phi) is 37.1. The standard InChI is InChI=1S/C12H11NO.C10H14N2O.C9H13NO3.C9H13N.C8H8N2.C7H8FN.C7H9NO.C6H7N.C5H7NS.C4H9N/c13-10-6-8-12(9-7-10)14-11-4-2-1-3-5-11;11-9-1-3-10(4-2-9)12-5-7-13-8-6-12;1-11-7-4-6(10)5-8(12-2)9(7)13-3;1-7(2)8-3-5-9(10)6-4-8;9-7-1-2-8-6(5-7)3-4-10-8;8-7-3-1-6(5-9)2-4-7;1-9-7-4-2-6(8)3-5-7;7-6-4-2-1-3-5-6;6-4-5-2-1-3-7-5;5-3-4-1-2-4/h1-9H,13H2;1-4H,5-8,11H2;4-5H,10H2,1-3H3;3-7H,10H2,1-2H3;1-5,10H,9H2;1-4H,5,9H2;2-5H,8H2,1H3;1-5H,7H2;1-3H,4,6H2;4H,1-3,5H2. The summed E-state index contributed by atoms with van der Waals surface area (Å²) >= 11 is 1.70. The second-order valence-electron chi connectivity index (χ2n) is 21.8. The van der Waals surface area contributed by atoms with Crippen molar-refractivity contribution < 1.29 is 32.8 Å². The van der Waals surface area contributed by atoms with Crippen molar-refractivity contribution in [1.29, 1.82) is 0 Å². The Morgan fingerprint density at radius 2 is 0.990 bits per heavy atom. The van der Waals surface area contributed by atoms with Crippen molar-refractivity contribution in [3.8, 4) is 34.5 Å². The van der Waals surface area contributed by atoms with Gasteiger partial charge in [0.05, 0.1) is 41.7 Å². The number of thiophene rings is 1. The number of fused-ring (bicyclic) bond motifs is 1. The van der Waals surface area contributed by atoms with Gasteiger partial charge < -0.3 is 95.6 Å². The van der Waals surface area contributed by atoms with Crippen LogP contribution >= 0.6 is 11.3 Å². The van der Waals surface area contributed by atoms with Crippen LogP contribution in [-0.4, -0.2) is 66.3 Å². The molecule has 1 saturated carbocycles. The zero-order valence-corrected chi connectivity index (χ0v) is 57.4. The van der Waals surface area contributed by atoms with Gasteiger partial charge in [-0.25, -0.2) is 4.39 Å². The van der Waals surface area contributed by atoms with Crippen molar-refractivity contribution in [3.63, 3.8) is 0 Å². The quantitative estimate of drug-likeness (QED) is 0.0536. The van der Waals surface area contributed by atoms with Crippen molar-refractivity contribution in [2.45, 2.75) is 45.7 Å². The number of rotatable bonds is 11. The molecule has 21 N–H and O–H groups in total. The van der Waals surface area contributed by atoms with Crippen LogP contribution in [0.5, 0.6) is 34.5 Å². The lowest BCUT2D eigenvalue weighted by molar-refractivity contribution is 0.122. The molecule has 0 radical (unpaired) electrons. The van der Waals surface area contributed by atoms with Gasteiger partial charge in [-0.15, -0.1) is 11.3 Å². The monoisotopic (exact) mass is 1340 g/mol. The largest absolute Gasteiger partial charge is 0.497 e. The van der Waals surface area contributed by atoms with Gasteiger partial charge in [0.15, 0.2) is 11.5 Å². The topological polar surface area (TPSA) is 335 Å². The van der Waals surface area contributed by atoms with Crippen molar-refractivity contribution >= 4 is 67.7 Å². The van der Waals surface area contributed by atoms with Gasteiger partial charge in [-0.3, -0.25) is 0 Å². The number of nitrogens with zero attached hydrogens (tertiary/aromatic N) is 1. The number of benzene rings is 9. The Hall–Kier alpha value is -10.6. The van der Waals surface area contributed by atoms with E-state index >= 15 is 0 Å². The Bertz CT molecular complexity index is 3700. The molecule has 0 amide bonds. The molecule has 11 aromatic rings. The predicted molar refractivity (Wildman–Crippen MR) is 406 cm³/mol. The van der Waals surface area contributed by atoms with Crippen LogP contribution in [0.2, 0.25) is 0 Å². The molecule has 1 aliphatic heterocycles. The van der Waals surface area contributed by atoms with Gasteiger partial charge in [0, 0.05) is 106 Å². The average molecular weight is 1340 g/mol. The number of aromatic nitrogens is 1. The van der Waals surface area contributed by atoms with Crippen LogP contribution in [0.4, 0.5) is 49.9 Å². The average Bonchev–Trinajstić information content (AvgIpc) is 1.82. The Labute approximate surface area is 576 Å². The zero-order valence-electron chi connectivity index (χ0n) is 56.6. The summed E-state index contributed by atoms with van der Waals surface area (Å²) < 4.78 is 43.2. The van der Waals surface area contributed by atoms with Crippen LogP contribution in [0.3, 0.4) is 0 Å². The lowest BCUT2D eigenvalue weighted by Gasteiger charge is -2.28. The highest BCUT2D eigenvalue weighted by atomic mass is 32.1. The normalized spacial score (nSPS) is 11.4. The minimum atomic E-state index is -0.216. The number of nitrogens with one attached hydrogen (secondary N) is 1. The molecule has 9 aromatic carbocycles. The first-order valence-electron chi connectivity index (χ1n) is 31.5. The third-order valence-corrected chi connectivity index (χ3v) is 14.8. The summed E-state index contributed by atoms with van der Waals surface area (Å²) in [5, 5.41) is 3.20. The van der Waals surface area contributed by atoms with E-state index in [9.17, 15) is 4.39 Å². The van der Waals surface area contributed by atoms with Gasteiger partial charge in [-0.1, -0.05) is 80.6 Å².